The molecule has 10 heteroatoms. The Bertz CT molecular complexity index is 777. The van der Waals surface area contributed by atoms with Crippen LogP contribution in [0.15, 0.2) is 30.3 Å². The lowest BCUT2D eigenvalue weighted by Crippen LogP contribution is -2.60. The van der Waals surface area contributed by atoms with Gasteiger partial charge in [0.2, 0.25) is 0 Å². The molecular formula is C22H30O10. The minimum Gasteiger partial charge on any atom is -0.508 e. The lowest BCUT2D eigenvalue weighted by molar-refractivity contribution is -0.311. The number of ether oxygens (including phenoxy) is 3. The molecule has 0 bridgehead atoms. The van der Waals surface area contributed by atoms with Gasteiger partial charge in [0.05, 0.1) is 0 Å². The number of carbonyl (C=O) groups is 2. The maximum atomic E-state index is 12.0. The molecule has 0 radical (unpaired) electrons. The summed E-state index contributed by atoms with van der Waals surface area (Å²) in [6, 6.07) is 6.08. The van der Waals surface area contributed by atoms with Crippen LogP contribution in [0.2, 0.25) is 0 Å². The third-order valence-corrected chi connectivity index (χ3v) is 5.25. The van der Waals surface area contributed by atoms with Crippen LogP contribution in [0.1, 0.15) is 32.3 Å². The number of carbonyl (C=O) groups excluding carboxylic acids is 1. The predicted molar refractivity (Wildman–Crippen MR) is 111 cm³/mol. The van der Waals surface area contributed by atoms with Gasteiger partial charge in [0.25, 0.3) is 0 Å². The number of phenolic OH excluding ortho intramolecular Hbond substituents is 1. The fourth-order valence-electron chi connectivity index (χ4n) is 3.04. The van der Waals surface area contributed by atoms with Crippen LogP contribution < -0.4 is 0 Å². The molecule has 178 valence electrons. The second-order valence-electron chi connectivity index (χ2n) is 7.78. The lowest BCUT2D eigenvalue weighted by Gasteiger charge is -2.40. The van der Waals surface area contributed by atoms with Crippen molar-refractivity contribution in [1.82, 2.24) is 0 Å². The van der Waals surface area contributed by atoms with Crippen LogP contribution in [0.25, 0.3) is 6.08 Å². The van der Waals surface area contributed by atoms with Gasteiger partial charge in [-0.05, 0) is 36.1 Å². The Hall–Kier alpha value is -2.50. The number of carboxylic acid groups (broad SMARTS) is 1. The molecule has 0 saturated carbocycles. The van der Waals surface area contributed by atoms with E-state index in [1.165, 1.54) is 18.2 Å². The molecule has 1 aliphatic heterocycles. The van der Waals surface area contributed by atoms with Crippen molar-refractivity contribution in [2.24, 2.45) is 5.92 Å². The van der Waals surface area contributed by atoms with E-state index in [0.717, 1.165) is 12.5 Å². The summed E-state index contributed by atoms with van der Waals surface area (Å²) in [5.41, 5.74) is 0.640. The number of phenols is 1. The van der Waals surface area contributed by atoms with Crippen molar-refractivity contribution in [2.45, 2.75) is 63.5 Å². The number of hydrogen-bond acceptors (Lipinski definition) is 9. The molecule has 0 aliphatic carbocycles. The molecule has 2 unspecified atom stereocenters. The van der Waals surface area contributed by atoms with Crippen LogP contribution in [0.5, 0.6) is 5.75 Å². The maximum absolute atomic E-state index is 12.0. The van der Waals surface area contributed by atoms with Crippen LogP contribution in [0, 0.1) is 5.92 Å². The van der Waals surface area contributed by atoms with Crippen molar-refractivity contribution in [3.05, 3.63) is 35.9 Å². The maximum Gasteiger partial charge on any atom is 0.332 e. The Kier molecular flexibility index (Phi) is 9.60. The summed E-state index contributed by atoms with van der Waals surface area (Å²) >= 11 is 0. The van der Waals surface area contributed by atoms with Crippen molar-refractivity contribution in [3.8, 4) is 5.75 Å². The topological polar surface area (TPSA) is 163 Å². The number of carboxylic acids is 1. The Balaban J connectivity index is 1.97. The van der Waals surface area contributed by atoms with Crippen molar-refractivity contribution in [2.75, 3.05) is 6.61 Å². The Labute approximate surface area is 185 Å². The molecular weight excluding hydrogens is 424 g/mol. The highest BCUT2D eigenvalue weighted by atomic mass is 16.7. The van der Waals surface area contributed by atoms with E-state index in [0.29, 0.717) is 5.56 Å². The first-order chi connectivity index (χ1) is 15.1. The molecule has 2 rings (SSSR count). The molecule has 0 amide bonds. The average molecular weight is 454 g/mol. The quantitative estimate of drug-likeness (QED) is 0.251. The largest absolute Gasteiger partial charge is 0.508 e. The first-order valence-electron chi connectivity index (χ1n) is 10.3. The summed E-state index contributed by atoms with van der Waals surface area (Å²) in [6.45, 7) is 3.28. The van der Waals surface area contributed by atoms with Crippen LogP contribution in [0.3, 0.4) is 0 Å². The number of aliphatic hydroxyl groups excluding tert-OH is 3. The molecule has 1 fully saturated rings. The first kappa shape index (κ1) is 25.8. The third-order valence-electron chi connectivity index (χ3n) is 5.25. The smallest absolute Gasteiger partial charge is 0.332 e. The monoisotopic (exact) mass is 454 g/mol. The summed E-state index contributed by atoms with van der Waals surface area (Å²) in [5.74, 6) is -1.89. The normalized spacial score (nSPS) is 27.7. The van der Waals surface area contributed by atoms with Crippen molar-refractivity contribution < 1.29 is 49.3 Å². The molecule has 5 N–H and O–H groups in total. The number of esters is 1. The van der Waals surface area contributed by atoms with Crippen LogP contribution in [-0.2, 0) is 23.8 Å². The standard InChI is InChI=1S/C22H30O10/c1-3-12(2)10-15(21(28)29)31-22-20(27)19(26)18(25)16(32-22)11-30-17(24)9-6-13-4-7-14(23)8-5-13/h4-9,12,15-16,18-20,22-23,25-27H,3,10-11H2,1-2H3,(H,28,29)/b9-6+/t12?,15?,16-,18-,19+,20-,22-/m1/s1. The fourth-order valence-corrected chi connectivity index (χ4v) is 3.04. The second-order valence-corrected chi connectivity index (χ2v) is 7.78. The number of aliphatic carboxylic acids is 1. The van der Waals surface area contributed by atoms with Gasteiger partial charge >= 0.3 is 11.9 Å². The van der Waals surface area contributed by atoms with Crippen LogP contribution in [0.4, 0.5) is 0 Å². The molecule has 32 heavy (non-hydrogen) atoms. The minimum atomic E-state index is -1.69. The zero-order valence-electron chi connectivity index (χ0n) is 17.9. The van der Waals surface area contributed by atoms with E-state index in [2.05, 4.69) is 0 Å². The van der Waals surface area contributed by atoms with Crippen molar-refractivity contribution in [3.63, 3.8) is 0 Å². The summed E-state index contributed by atoms with van der Waals surface area (Å²) in [7, 11) is 0. The van der Waals surface area contributed by atoms with Gasteiger partial charge < -0.3 is 39.7 Å². The summed E-state index contributed by atoms with van der Waals surface area (Å²) < 4.78 is 15.9. The van der Waals surface area contributed by atoms with E-state index in [4.69, 9.17) is 14.2 Å². The number of benzene rings is 1. The molecule has 10 nitrogen and oxygen atoms in total. The predicted octanol–water partition coefficient (Wildman–Crippen LogP) is 0.662. The van der Waals surface area contributed by atoms with Gasteiger partial charge in [-0.2, -0.15) is 0 Å². The van der Waals surface area contributed by atoms with Gasteiger partial charge in [-0.25, -0.2) is 9.59 Å². The molecule has 7 atom stereocenters. The highest BCUT2D eigenvalue weighted by Crippen LogP contribution is 2.25. The molecule has 1 heterocycles. The van der Waals surface area contributed by atoms with Gasteiger partial charge in [-0.15, -0.1) is 0 Å². The first-order valence-corrected chi connectivity index (χ1v) is 10.3. The molecule has 0 aromatic heterocycles. The van der Waals surface area contributed by atoms with Gasteiger partial charge in [0.15, 0.2) is 12.4 Å². The highest BCUT2D eigenvalue weighted by Gasteiger charge is 2.46. The number of rotatable bonds is 10. The van der Waals surface area contributed by atoms with Gasteiger partial charge in [0.1, 0.15) is 36.8 Å². The van der Waals surface area contributed by atoms with E-state index in [-0.39, 0.29) is 18.1 Å². The van der Waals surface area contributed by atoms with Gasteiger partial charge in [-0.1, -0.05) is 32.4 Å². The Morgan fingerprint density at radius 2 is 1.78 bits per heavy atom. The molecule has 1 saturated heterocycles. The third kappa shape index (κ3) is 7.28. The van der Waals surface area contributed by atoms with E-state index in [1.54, 1.807) is 12.1 Å². The average Bonchev–Trinajstić information content (AvgIpc) is 2.77. The fraction of sp³-hybridized carbons (Fsp3) is 0.545. The lowest BCUT2D eigenvalue weighted by atomic mass is 9.98. The van der Waals surface area contributed by atoms with Crippen LogP contribution >= 0.6 is 0 Å². The van der Waals surface area contributed by atoms with E-state index in [1.807, 2.05) is 13.8 Å². The number of aliphatic hydroxyl groups is 3. The highest BCUT2D eigenvalue weighted by molar-refractivity contribution is 5.87. The molecule has 1 aromatic rings. The second kappa shape index (κ2) is 11.9. The zero-order chi connectivity index (χ0) is 23.8. The molecule has 1 aliphatic rings. The van der Waals surface area contributed by atoms with Gasteiger partial charge in [0, 0.05) is 6.08 Å². The van der Waals surface area contributed by atoms with E-state index < -0.39 is 55.4 Å². The van der Waals surface area contributed by atoms with E-state index in [9.17, 15) is 35.1 Å². The van der Waals surface area contributed by atoms with Gasteiger partial charge in [-0.3, -0.25) is 0 Å². The molecule has 1 aromatic carbocycles. The summed E-state index contributed by atoms with van der Waals surface area (Å²) in [5, 5.41) is 49.1. The van der Waals surface area contributed by atoms with Crippen molar-refractivity contribution in [1.29, 1.82) is 0 Å². The summed E-state index contributed by atoms with van der Waals surface area (Å²) in [4.78, 5) is 23.5. The zero-order valence-corrected chi connectivity index (χ0v) is 17.9. The number of hydrogen-bond donors (Lipinski definition) is 5. The summed E-state index contributed by atoms with van der Waals surface area (Å²) in [6.07, 6.45) is -5.56. The minimum absolute atomic E-state index is 0.0319. The van der Waals surface area contributed by atoms with Crippen LogP contribution in [-0.4, -0.2) is 80.9 Å². The van der Waals surface area contributed by atoms with E-state index >= 15 is 0 Å². The molecule has 0 spiro atoms. The Morgan fingerprint density at radius 3 is 2.38 bits per heavy atom. The number of aromatic hydroxyl groups is 1. The SMILES string of the molecule is CCC(C)CC(O[C@@H]1O[C@H](COC(=O)/C=C/c2ccc(O)cc2)[C@@H](O)[C@H](O)[C@H]1O)C(=O)O. The van der Waals surface area contributed by atoms with Crippen molar-refractivity contribution >= 4 is 18.0 Å². The Morgan fingerprint density at radius 1 is 1.12 bits per heavy atom.